The molecular weight excluding hydrogens is 373 g/mol. The van der Waals surface area contributed by atoms with Crippen LogP contribution in [0.5, 0.6) is 0 Å². The van der Waals surface area contributed by atoms with Gasteiger partial charge in [0.2, 0.25) is 5.95 Å². The van der Waals surface area contributed by atoms with Crippen molar-refractivity contribution in [1.29, 1.82) is 0 Å². The van der Waals surface area contributed by atoms with Gasteiger partial charge in [-0.15, -0.1) is 0 Å². The summed E-state index contributed by atoms with van der Waals surface area (Å²) < 4.78 is 20.6. The van der Waals surface area contributed by atoms with Crippen LogP contribution in [-0.4, -0.2) is 57.5 Å². The van der Waals surface area contributed by atoms with Crippen LogP contribution < -0.4 is 4.90 Å². The van der Waals surface area contributed by atoms with E-state index < -0.39 is 5.82 Å². The lowest BCUT2D eigenvalue weighted by molar-refractivity contribution is 0.122. The molecule has 1 fully saturated rings. The van der Waals surface area contributed by atoms with Crippen LogP contribution in [0.15, 0.2) is 41.9 Å². The smallest absolute Gasteiger partial charge is 0.225 e. The van der Waals surface area contributed by atoms with E-state index in [1.165, 1.54) is 12.3 Å². The molecule has 3 aromatic rings. The normalized spacial score (nSPS) is 14.5. The second kappa shape index (κ2) is 8.27. The predicted octanol–water partition coefficient (Wildman–Crippen LogP) is 2.68. The van der Waals surface area contributed by atoms with Gasteiger partial charge in [0.25, 0.3) is 0 Å². The van der Waals surface area contributed by atoms with Crippen molar-refractivity contribution in [3.8, 4) is 17.2 Å². The summed E-state index contributed by atoms with van der Waals surface area (Å²) in [4.78, 5) is 23.7. The topological polar surface area (TPSA) is 81.3 Å². The molecule has 0 N–H and O–H groups in total. The number of imidazole rings is 1. The molecule has 1 aliphatic heterocycles. The summed E-state index contributed by atoms with van der Waals surface area (Å²) in [5.41, 5.74) is 2.26. The minimum absolute atomic E-state index is 0.401. The average molecular weight is 393 g/mol. The van der Waals surface area contributed by atoms with E-state index in [1.807, 2.05) is 11.5 Å². The molecular formula is C20H20FN7O. The van der Waals surface area contributed by atoms with Crippen LogP contribution in [0, 0.1) is 12.7 Å². The number of rotatable bonds is 5. The molecule has 9 heteroatoms. The first-order chi connectivity index (χ1) is 14.2. The summed E-state index contributed by atoms with van der Waals surface area (Å²) in [5.74, 6) is 1.42. The van der Waals surface area contributed by atoms with Gasteiger partial charge in [0.15, 0.2) is 0 Å². The number of ether oxygens (including phenoxy) is 1. The fourth-order valence-electron chi connectivity index (χ4n) is 3.14. The quantitative estimate of drug-likeness (QED) is 0.620. The van der Waals surface area contributed by atoms with E-state index in [-0.39, 0.29) is 0 Å². The van der Waals surface area contributed by atoms with Crippen molar-refractivity contribution in [2.45, 2.75) is 6.92 Å². The van der Waals surface area contributed by atoms with Crippen LogP contribution >= 0.6 is 0 Å². The van der Waals surface area contributed by atoms with Gasteiger partial charge in [0, 0.05) is 37.4 Å². The molecule has 0 aromatic carbocycles. The maximum absolute atomic E-state index is 13.4. The minimum atomic E-state index is -0.401. The molecule has 1 aliphatic rings. The lowest BCUT2D eigenvalue weighted by atomic mass is 10.3. The summed E-state index contributed by atoms with van der Waals surface area (Å²) >= 11 is 0. The number of aromatic nitrogens is 5. The van der Waals surface area contributed by atoms with Gasteiger partial charge in [-0.1, -0.05) is 0 Å². The summed E-state index contributed by atoms with van der Waals surface area (Å²) in [7, 11) is 0. The maximum Gasteiger partial charge on any atom is 0.225 e. The van der Waals surface area contributed by atoms with Gasteiger partial charge < -0.3 is 9.64 Å². The Hall–Kier alpha value is -3.46. The molecule has 29 heavy (non-hydrogen) atoms. The van der Waals surface area contributed by atoms with Crippen LogP contribution in [0.1, 0.15) is 11.4 Å². The van der Waals surface area contributed by atoms with E-state index in [0.29, 0.717) is 36.5 Å². The highest BCUT2D eigenvalue weighted by Gasteiger charge is 2.19. The molecule has 0 saturated carbocycles. The Kier molecular flexibility index (Phi) is 5.39. The van der Waals surface area contributed by atoms with Gasteiger partial charge >= 0.3 is 0 Å². The zero-order valence-electron chi connectivity index (χ0n) is 16.0. The molecule has 0 radical (unpaired) electrons. The number of hydrogen-bond acceptors (Lipinski definition) is 7. The van der Waals surface area contributed by atoms with Gasteiger partial charge in [0.1, 0.15) is 17.5 Å². The number of anilines is 1. The van der Waals surface area contributed by atoms with Gasteiger partial charge in [-0.3, -0.25) is 9.56 Å². The molecule has 4 rings (SSSR count). The fourth-order valence-corrected chi connectivity index (χ4v) is 3.14. The summed E-state index contributed by atoms with van der Waals surface area (Å²) in [6, 6.07) is 2.97. The molecule has 8 nitrogen and oxygen atoms in total. The minimum Gasteiger partial charge on any atom is -0.378 e. The van der Waals surface area contributed by atoms with Crippen molar-refractivity contribution >= 4 is 18.7 Å². The second-order valence-electron chi connectivity index (χ2n) is 6.45. The zero-order valence-corrected chi connectivity index (χ0v) is 16.0. The van der Waals surface area contributed by atoms with Gasteiger partial charge in [0.05, 0.1) is 30.7 Å². The molecule has 4 heterocycles. The van der Waals surface area contributed by atoms with Crippen molar-refractivity contribution in [2.24, 2.45) is 4.99 Å². The van der Waals surface area contributed by atoms with Crippen LogP contribution in [0.2, 0.25) is 0 Å². The Morgan fingerprint density at radius 3 is 2.55 bits per heavy atom. The maximum atomic E-state index is 13.4. The van der Waals surface area contributed by atoms with E-state index in [4.69, 9.17) is 9.72 Å². The molecule has 0 aliphatic carbocycles. The van der Waals surface area contributed by atoms with E-state index >= 15 is 0 Å². The molecule has 0 atom stereocenters. The Balaban J connectivity index is 1.76. The molecule has 0 spiro atoms. The number of pyridine rings is 1. The zero-order chi connectivity index (χ0) is 20.2. The number of nitrogens with zero attached hydrogens (tertiary/aromatic N) is 7. The molecule has 1 saturated heterocycles. The lowest BCUT2D eigenvalue weighted by Crippen LogP contribution is -2.37. The van der Waals surface area contributed by atoms with Gasteiger partial charge in [-0.2, -0.15) is 0 Å². The summed E-state index contributed by atoms with van der Waals surface area (Å²) in [6.45, 7) is 8.22. The number of morpholine rings is 1. The van der Waals surface area contributed by atoms with Crippen LogP contribution in [0.3, 0.4) is 0 Å². The highest BCUT2D eigenvalue weighted by atomic mass is 19.1. The molecule has 0 amide bonds. The molecule has 0 bridgehead atoms. The largest absolute Gasteiger partial charge is 0.378 e. The van der Waals surface area contributed by atoms with Gasteiger partial charge in [-0.05, 0) is 31.9 Å². The molecule has 148 valence electrons. The number of halogens is 1. The van der Waals surface area contributed by atoms with Crippen molar-refractivity contribution in [3.05, 3.63) is 54.1 Å². The van der Waals surface area contributed by atoms with Crippen molar-refractivity contribution < 1.29 is 9.13 Å². The fraction of sp³-hybridized carbons (Fsp3) is 0.250. The van der Waals surface area contributed by atoms with Crippen molar-refractivity contribution in [3.63, 3.8) is 0 Å². The molecule has 3 aromatic heterocycles. The second-order valence-corrected chi connectivity index (χ2v) is 6.45. The van der Waals surface area contributed by atoms with E-state index in [0.717, 1.165) is 24.3 Å². The van der Waals surface area contributed by atoms with E-state index in [1.54, 1.807) is 30.7 Å². The first-order valence-corrected chi connectivity index (χ1v) is 9.16. The Morgan fingerprint density at radius 2 is 1.90 bits per heavy atom. The SMILES string of the molecule is C=N/C=C\c1nc(-c2cnc(N3CCOCC3)nc2)n(-c2ccc(F)cn2)c1C. The third-order valence-corrected chi connectivity index (χ3v) is 4.61. The van der Waals surface area contributed by atoms with Crippen LogP contribution in [0.4, 0.5) is 10.3 Å². The molecule has 0 unspecified atom stereocenters. The van der Waals surface area contributed by atoms with E-state index in [2.05, 4.69) is 31.6 Å². The van der Waals surface area contributed by atoms with Crippen LogP contribution in [-0.2, 0) is 4.74 Å². The van der Waals surface area contributed by atoms with Crippen molar-refractivity contribution in [2.75, 3.05) is 31.2 Å². The third-order valence-electron chi connectivity index (χ3n) is 4.61. The number of hydrogen-bond donors (Lipinski definition) is 0. The van der Waals surface area contributed by atoms with Gasteiger partial charge in [-0.25, -0.2) is 24.3 Å². The number of aliphatic imine (C=N–C) groups is 1. The van der Waals surface area contributed by atoms with Crippen LogP contribution in [0.25, 0.3) is 23.3 Å². The predicted molar refractivity (Wildman–Crippen MR) is 109 cm³/mol. The monoisotopic (exact) mass is 393 g/mol. The highest BCUT2D eigenvalue weighted by molar-refractivity contribution is 5.63. The summed E-state index contributed by atoms with van der Waals surface area (Å²) in [6.07, 6.45) is 7.98. The highest BCUT2D eigenvalue weighted by Crippen LogP contribution is 2.26. The Bertz CT molecular complexity index is 1020. The first-order valence-electron chi connectivity index (χ1n) is 9.16. The average Bonchev–Trinajstić information content (AvgIpc) is 3.10. The van der Waals surface area contributed by atoms with Crippen molar-refractivity contribution in [1.82, 2.24) is 24.5 Å². The van der Waals surface area contributed by atoms with E-state index in [9.17, 15) is 4.39 Å². The standard InChI is InChI=1S/C20H20FN7O/c1-14-17(5-6-22-2)26-19(28(14)18-4-3-16(21)13-23-18)15-11-24-20(25-12-15)27-7-9-29-10-8-27/h3-6,11-13H,2,7-10H2,1H3/b6-5-. The Morgan fingerprint density at radius 1 is 1.14 bits per heavy atom. The summed E-state index contributed by atoms with van der Waals surface area (Å²) in [5, 5.41) is 0. The first kappa shape index (κ1) is 18.9. The Labute approximate surface area is 167 Å². The lowest BCUT2D eigenvalue weighted by Gasteiger charge is -2.26. The third kappa shape index (κ3) is 3.90.